The third-order valence-electron chi connectivity index (χ3n) is 3.49. The predicted octanol–water partition coefficient (Wildman–Crippen LogP) is 3.98. The third-order valence-corrected chi connectivity index (χ3v) is 5.02. The van der Waals surface area contributed by atoms with Crippen LogP contribution in [0.5, 0.6) is 0 Å². The number of hydrogen-bond acceptors (Lipinski definition) is 5. The van der Waals surface area contributed by atoms with E-state index in [1.807, 2.05) is 18.2 Å². The van der Waals surface area contributed by atoms with Gasteiger partial charge in [0.15, 0.2) is 10.3 Å². The van der Waals surface area contributed by atoms with Gasteiger partial charge in [-0.2, -0.15) is 0 Å². The van der Waals surface area contributed by atoms with Crippen molar-refractivity contribution in [2.75, 3.05) is 0 Å². The van der Waals surface area contributed by atoms with Gasteiger partial charge in [0.25, 0.3) is 0 Å². The SMILES string of the molecule is N=C(N)SCc1cccc2c1oc1c(CSC(=N)N)cc(F)cc12. The van der Waals surface area contributed by atoms with Crippen molar-refractivity contribution in [3.63, 3.8) is 0 Å². The van der Waals surface area contributed by atoms with E-state index < -0.39 is 0 Å². The van der Waals surface area contributed by atoms with E-state index in [1.165, 1.54) is 23.9 Å². The molecule has 1 heterocycles. The van der Waals surface area contributed by atoms with Crippen LogP contribution in [0.1, 0.15) is 11.1 Å². The van der Waals surface area contributed by atoms with E-state index in [0.29, 0.717) is 33.6 Å². The van der Waals surface area contributed by atoms with E-state index in [0.717, 1.165) is 22.7 Å². The van der Waals surface area contributed by atoms with Gasteiger partial charge < -0.3 is 15.9 Å². The number of halogens is 1. The van der Waals surface area contributed by atoms with Crippen LogP contribution in [0.15, 0.2) is 34.7 Å². The van der Waals surface area contributed by atoms with Crippen LogP contribution in [0.2, 0.25) is 0 Å². The Balaban J connectivity index is 2.15. The van der Waals surface area contributed by atoms with Gasteiger partial charge in [-0.3, -0.25) is 10.8 Å². The van der Waals surface area contributed by atoms with Crippen LogP contribution in [0.25, 0.3) is 21.9 Å². The lowest BCUT2D eigenvalue weighted by Gasteiger charge is -2.02. The van der Waals surface area contributed by atoms with Crippen LogP contribution in [-0.2, 0) is 11.5 Å². The fourth-order valence-electron chi connectivity index (χ4n) is 2.52. The molecule has 0 aliphatic heterocycles. The molecule has 5 nitrogen and oxygen atoms in total. The first-order valence-corrected chi connectivity index (χ1v) is 8.99. The fourth-order valence-corrected chi connectivity index (χ4v) is 3.59. The normalized spacial score (nSPS) is 11.2. The molecule has 0 spiro atoms. The quantitative estimate of drug-likeness (QED) is 0.414. The first-order chi connectivity index (χ1) is 11.5. The number of nitrogens with one attached hydrogen (secondary N) is 2. The molecule has 0 fully saturated rings. The number of nitrogens with two attached hydrogens (primary N) is 2. The number of fused-ring (bicyclic) bond motifs is 3. The lowest BCUT2D eigenvalue weighted by Crippen LogP contribution is -2.03. The monoisotopic (exact) mass is 362 g/mol. The number of benzene rings is 2. The minimum absolute atomic E-state index is 0.0259. The van der Waals surface area contributed by atoms with E-state index in [2.05, 4.69) is 0 Å². The second-order valence-corrected chi connectivity index (χ2v) is 7.18. The van der Waals surface area contributed by atoms with Crippen molar-refractivity contribution >= 4 is 55.8 Å². The number of amidine groups is 2. The average Bonchev–Trinajstić information content (AvgIpc) is 2.89. The summed E-state index contributed by atoms with van der Waals surface area (Å²) in [4.78, 5) is 0. The molecule has 24 heavy (non-hydrogen) atoms. The lowest BCUT2D eigenvalue weighted by molar-refractivity contribution is 0.623. The zero-order valence-electron chi connectivity index (χ0n) is 12.6. The summed E-state index contributed by atoms with van der Waals surface area (Å²) in [5, 5.41) is 16.2. The summed E-state index contributed by atoms with van der Waals surface area (Å²) in [6.45, 7) is 0. The van der Waals surface area contributed by atoms with Crippen LogP contribution < -0.4 is 11.5 Å². The Morgan fingerprint density at radius 2 is 1.58 bits per heavy atom. The van der Waals surface area contributed by atoms with Gasteiger partial charge in [0.2, 0.25) is 0 Å². The minimum Gasteiger partial charge on any atom is -0.455 e. The number of para-hydroxylation sites is 1. The highest BCUT2D eigenvalue weighted by molar-refractivity contribution is 8.13. The Hall–Kier alpha value is -2.19. The van der Waals surface area contributed by atoms with E-state index in [4.69, 9.17) is 26.7 Å². The third kappa shape index (κ3) is 3.34. The van der Waals surface area contributed by atoms with E-state index in [1.54, 1.807) is 0 Å². The van der Waals surface area contributed by atoms with E-state index in [9.17, 15) is 4.39 Å². The molecule has 3 rings (SSSR count). The van der Waals surface area contributed by atoms with Gasteiger partial charge in [0, 0.05) is 33.4 Å². The summed E-state index contributed by atoms with van der Waals surface area (Å²) in [7, 11) is 0. The molecule has 0 saturated heterocycles. The predicted molar refractivity (Wildman–Crippen MR) is 100 cm³/mol. The number of thioether (sulfide) groups is 2. The zero-order chi connectivity index (χ0) is 17.3. The average molecular weight is 362 g/mol. The van der Waals surface area contributed by atoms with Crippen molar-refractivity contribution in [3.05, 3.63) is 47.3 Å². The highest BCUT2D eigenvalue weighted by atomic mass is 32.2. The van der Waals surface area contributed by atoms with Gasteiger partial charge >= 0.3 is 0 Å². The largest absolute Gasteiger partial charge is 0.455 e. The molecule has 0 radical (unpaired) electrons. The topological polar surface area (TPSA) is 113 Å². The summed E-state index contributed by atoms with van der Waals surface area (Å²) in [6, 6.07) is 8.52. The molecule has 0 saturated carbocycles. The standard InChI is InChI=1S/C16H15FN4OS2/c17-10-4-9(7-24-16(20)21)14-12(5-10)11-3-1-2-8(13(11)22-14)6-23-15(18)19/h1-5H,6-7H2,(H3,18,19)(H3,20,21). The molecule has 6 N–H and O–H groups in total. The van der Waals surface area contributed by atoms with Crippen molar-refractivity contribution in [1.82, 2.24) is 0 Å². The van der Waals surface area contributed by atoms with Crippen LogP contribution >= 0.6 is 23.5 Å². The lowest BCUT2D eigenvalue weighted by atomic mass is 10.1. The molecule has 0 atom stereocenters. The summed E-state index contributed by atoms with van der Waals surface area (Å²) in [5.74, 6) is 0.515. The van der Waals surface area contributed by atoms with Crippen molar-refractivity contribution in [3.8, 4) is 0 Å². The maximum Gasteiger partial charge on any atom is 0.151 e. The molecule has 0 bridgehead atoms. The van der Waals surface area contributed by atoms with Gasteiger partial charge in [0.05, 0.1) is 0 Å². The Labute approximate surface area is 146 Å². The van der Waals surface area contributed by atoms with Crippen molar-refractivity contribution in [2.24, 2.45) is 11.5 Å². The van der Waals surface area contributed by atoms with Crippen molar-refractivity contribution in [1.29, 1.82) is 10.8 Å². The number of furan rings is 1. The van der Waals surface area contributed by atoms with Gasteiger partial charge in [0.1, 0.15) is 17.0 Å². The van der Waals surface area contributed by atoms with Gasteiger partial charge in [-0.25, -0.2) is 4.39 Å². The summed E-state index contributed by atoms with van der Waals surface area (Å²) < 4.78 is 20.0. The van der Waals surface area contributed by atoms with Gasteiger partial charge in [-0.05, 0) is 12.1 Å². The Bertz CT molecular complexity index is 954. The van der Waals surface area contributed by atoms with Gasteiger partial charge in [-0.15, -0.1) is 0 Å². The summed E-state index contributed by atoms with van der Waals surface area (Å²) >= 11 is 2.33. The molecular formula is C16H15FN4OS2. The highest BCUT2D eigenvalue weighted by Crippen LogP contribution is 2.35. The summed E-state index contributed by atoms with van der Waals surface area (Å²) in [6.07, 6.45) is 0. The smallest absolute Gasteiger partial charge is 0.151 e. The molecule has 1 aromatic heterocycles. The maximum absolute atomic E-state index is 14.0. The minimum atomic E-state index is -0.354. The van der Waals surface area contributed by atoms with Crippen molar-refractivity contribution < 1.29 is 8.81 Å². The second kappa shape index (κ2) is 6.74. The molecule has 8 heteroatoms. The van der Waals surface area contributed by atoms with Crippen LogP contribution in [0, 0.1) is 16.6 Å². The van der Waals surface area contributed by atoms with Crippen LogP contribution in [0.4, 0.5) is 4.39 Å². The molecular weight excluding hydrogens is 347 g/mol. The molecule has 0 aliphatic rings. The van der Waals surface area contributed by atoms with Crippen molar-refractivity contribution in [2.45, 2.75) is 11.5 Å². The summed E-state index contributed by atoms with van der Waals surface area (Å²) in [5.41, 5.74) is 13.6. The Kier molecular flexibility index (Phi) is 4.68. The number of rotatable bonds is 4. The highest BCUT2D eigenvalue weighted by Gasteiger charge is 2.15. The Morgan fingerprint density at radius 3 is 2.25 bits per heavy atom. The maximum atomic E-state index is 14.0. The van der Waals surface area contributed by atoms with Crippen LogP contribution in [0.3, 0.4) is 0 Å². The first kappa shape index (κ1) is 16.7. The molecule has 2 aromatic carbocycles. The number of hydrogen-bond donors (Lipinski definition) is 4. The molecule has 0 unspecified atom stereocenters. The Morgan fingerprint density at radius 1 is 0.958 bits per heavy atom. The van der Waals surface area contributed by atoms with Gasteiger partial charge in [-0.1, -0.05) is 41.7 Å². The fraction of sp³-hybridized carbons (Fsp3) is 0.125. The second-order valence-electron chi connectivity index (χ2n) is 5.14. The first-order valence-electron chi connectivity index (χ1n) is 7.02. The molecule has 0 amide bonds. The molecule has 124 valence electrons. The molecule has 0 aliphatic carbocycles. The van der Waals surface area contributed by atoms with E-state index in [-0.39, 0.29) is 16.2 Å². The van der Waals surface area contributed by atoms with Crippen LogP contribution in [-0.4, -0.2) is 10.3 Å². The molecule has 3 aromatic rings. The zero-order valence-corrected chi connectivity index (χ0v) is 14.2. The van der Waals surface area contributed by atoms with E-state index >= 15 is 0 Å².